The van der Waals surface area contributed by atoms with Crippen molar-refractivity contribution in [3.05, 3.63) is 27.5 Å². The van der Waals surface area contributed by atoms with Gasteiger partial charge in [-0.25, -0.2) is 9.78 Å². The Morgan fingerprint density at radius 1 is 1.54 bits per heavy atom. The summed E-state index contributed by atoms with van der Waals surface area (Å²) in [6.45, 7) is 1.68. The van der Waals surface area contributed by atoms with Crippen molar-refractivity contribution < 1.29 is 9.53 Å². The Morgan fingerprint density at radius 3 is 2.69 bits per heavy atom. The van der Waals surface area contributed by atoms with Crippen molar-refractivity contribution >= 4 is 29.2 Å². The number of rotatable bonds is 1. The van der Waals surface area contributed by atoms with Crippen molar-refractivity contribution in [1.29, 1.82) is 0 Å². The van der Waals surface area contributed by atoms with Gasteiger partial charge in [-0.05, 0) is 12.5 Å². The molecule has 3 nitrogen and oxygen atoms in total. The third kappa shape index (κ3) is 1.92. The highest BCUT2D eigenvalue weighted by molar-refractivity contribution is 6.35. The molecule has 0 spiro atoms. The van der Waals surface area contributed by atoms with E-state index in [1.807, 2.05) is 0 Å². The monoisotopic (exact) mass is 219 g/mol. The number of aromatic nitrogens is 1. The zero-order valence-electron chi connectivity index (χ0n) is 7.10. The first-order valence-corrected chi connectivity index (χ1v) is 4.22. The van der Waals surface area contributed by atoms with Crippen LogP contribution in [0.15, 0.2) is 6.20 Å². The normalized spacial score (nSPS) is 9.85. The Bertz CT molecular complexity index is 352. The molecule has 1 aromatic rings. The van der Waals surface area contributed by atoms with E-state index in [-0.39, 0.29) is 10.7 Å². The van der Waals surface area contributed by atoms with Crippen LogP contribution in [0.5, 0.6) is 0 Å². The van der Waals surface area contributed by atoms with E-state index >= 15 is 0 Å². The highest BCUT2D eigenvalue weighted by atomic mass is 35.5. The van der Waals surface area contributed by atoms with Crippen LogP contribution in [0.4, 0.5) is 0 Å². The summed E-state index contributed by atoms with van der Waals surface area (Å²) in [6.07, 6.45) is 1.39. The van der Waals surface area contributed by atoms with Gasteiger partial charge in [0, 0.05) is 6.20 Å². The molecule has 0 N–H and O–H groups in total. The molecule has 5 heteroatoms. The number of ether oxygens (including phenoxy) is 1. The van der Waals surface area contributed by atoms with E-state index in [0.29, 0.717) is 10.6 Å². The van der Waals surface area contributed by atoms with E-state index in [1.165, 1.54) is 13.3 Å². The molecule has 0 bridgehead atoms. The molecular formula is C8H7Cl2NO2. The number of carbonyl (C=O) groups is 1. The van der Waals surface area contributed by atoms with Gasteiger partial charge >= 0.3 is 5.97 Å². The fourth-order valence-corrected chi connectivity index (χ4v) is 1.30. The quantitative estimate of drug-likeness (QED) is 0.539. The van der Waals surface area contributed by atoms with Gasteiger partial charge in [0.1, 0.15) is 10.7 Å². The third-order valence-corrected chi connectivity index (χ3v) is 2.29. The number of nitrogens with zero attached hydrogens (tertiary/aromatic N) is 1. The SMILES string of the molecule is COC(=O)c1c(Cl)ncc(Cl)c1C. The second-order valence-corrected chi connectivity index (χ2v) is 3.15. The Morgan fingerprint density at radius 2 is 2.15 bits per heavy atom. The number of hydrogen-bond acceptors (Lipinski definition) is 3. The maximum atomic E-state index is 11.2. The average molecular weight is 220 g/mol. The van der Waals surface area contributed by atoms with Crippen molar-refractivity contribution in [2.45, 2.75) is 6.92 Å². The Labute approximate surface area is 85.6 Å². The maximum Gasteiger partial charge on any atom is 0.341 e. The van der Waals surface area contributed by atoms with E-state index in [2.05, 4.69) is 9.72 Å². The fraction of sp³-hybridized carbons (Fsp3) is 0.250. The number of methoxy groups -OCH3 is 1. The Balaban J connectivity index is 3.33. The molecule has 13 heavy (non-hydrogen) atoms. The van der Waals surface area contributed by atoms with Gasteiger partial charge in [-0.2, -0.15) is 0 Å². The number of halogens is 2. The van der Waals surface area contributed by atoms with Gasteiger partial charge in [-0.1, -0.05) is 23.2 Å². The Kier molecular flexibility index (Phi) is 3.12. The number of pyridine rings is 1. The molecule has 1 heterocycles. The topological polar surface area (TPSA) is 39.2 Å². The molecule has 0 aromatic carbocycles. The summed E-state index contributed by atoms with van der Waals surface area (Å²) in [7, 11) is 1.28. The van der Waals surface area contributed by atoms with E-state index in [4.69, 9.17) is 23.2 Å². The van der Waals surface area contributed by atoms with E-state index in [9.17, 15) is 4.79 Å². The largest absolute Gasteiger partial charge is 0.465 e. The van der Waals surface area contributed by atoms with Gasteiger partial charge in [-0.15, -0.1) is 0 Å². The molecule has 0 aliphatic carbocycles. The lowest BCUT2D eigenvalue weighted by Crippen LogP contribution is -2.06. The molecule has 0 saturated carbocycles. The molecule has 1 rings (SSSR count). The summed E-state index contributed by atoms with van der Waals surface area (Å²) in [4.78, 5) is 14.9. The predicted molar refractivity (Wildman–Crippen MR) is 50.3 cm³/mol. The highest BCUT2D eigenvalue weighted by Gasteiger charge is 2.16. The summed E-state index contributed by atoms with van der Waals surface area (Å²) in [5.41, 5.74) is 0.796. The molecule has 0 saturated heterocycles. The second-order valence-electron chi connectivity index (χ2n) is 2.39. The fourth-order valence-electron chi connectivity index (χ4n) is 0.888. The summed E-state index contributed by atoms with van der Waals surface area (Å²) in [5, 5.41) is 0.499. The maximum absolute atomic E-state index is 11.2. The van der Waals surface area contributed by atoms with Crippen LogP contribution in [0.1, 0.15) is 15.9 Å². The first-order chi connectivity index (χ1) is 6.07. The summed E-state index contributed by atoms with van der Waals surface area (Å²) < 4.78 is 4.53. The van der Waals surface area contributed by atoms with Crippen molar-refractivity contribution in [3.63, 3.8) is 0 Å². The van der Waals surface area contributed by atoms with E-state index < -0.39 is 5.97 Å². The van der Waals surface area contributed by atoms with Crippen LogP contribution in [-0.2, 0) is 4.74 Å². The summed E-state index contributed by atoms with van der Waals surface area (Å²) in [5.74, 6) is -0.530. The van der Waals surface area contributed by atoms with Crippen molar-refractivity contribution in [1.82, 2.24) is 4.98 Å². The first kappa shape index (κ1) is 10.3. The van der Waals surface area contributed by atoms with Crippen LogP contribution in [-0.4, -0.2) is 18.1 Å². The van der Waals surface area contributed by atoms with Crippen LogP contribution >= 0.6 is 23.2 Å². The lowest BCUT2D eigenvalue weighted by atomic mass is 10.1. The van der Waals surface area contributed by atoms with Crippen LogP contribution in [0.25, 0.3) is 0 Å². The predicted octanol–water partition coefficient (Wildman–Crippen LogP) is 2.48. The van der Waals surface area contributed by atoms with Crippen molar-refractivity contribution in [2.75, 3.05) is 7.11 Å². The Hall–Kier alpha value is -0.800. The molecular weight excluding hydrogens is 213 g/mol. The van der Waals surface area contributed by atoms with Gasteiger partial charge in [0.25, 0.3) is 0 Å². The summed E-state index contributed by atoms with van der Waals surface area (Å²) >= 11 is 11.5. The highest BCUT2D eigenvalue weighted by Crippen LogP contribution is 2.24. The lowest BCUT2D eigenvalue weighted by molar-refractivity contribution is 0.0599. The second kappa shape index (κ2) is 3.94. The van der Waals surface area contributed by atoms with Crippen molar-refractivity contribution in [2.24, 2.45) is 0 Å². The molecule has 0 amide bonds. The minimum atomic E-state index is -0.530. The lowest BCUT2D eigenvalue weighted by Gasteiger charge is -2.05. The van der Waals surface area contributed by atoms with Crippen LogP contribution < -0.4 is 0 Å². The van der Waals surface area contributed by atoms with Crippen LogP contribution in [0.2, 0.25) is 10.2 Å². The third-order valence-electron chi connectivity index (χ3n) is 1.62. The zero-order valence-corrected chi connectivity index (χ0v) is 8.61. The smallest absolute Gasteiger partial charge is 0.341 e. The standard InChI is InChI=1S/C8H7Cl2NO2/c1-4-5(9)3-11-7(10)6(4)8(12)13-2/h3H,1-2H3. The minimum absolute atomic E-state index is 0.105. The number of hydrogen-bond donors (Lipinski definition) is 0. The molecule has 0 aliphatic rings. The van der Waals surface area contributed by atoms with Crippen LogP contribution in [0.3, 0.4) is 0 Å². The summed E-state index contributed by atoms with van der Waals surface area (Å²) in [6, 6.07) is 0. The van der Waals surface area contributed by atoms with E-state index in [0.717, 1.165) is 0 Å². The van der Waals surface area contributed by atoms with Gasteiger partial charge < -0.3 is 4.74 Å². The van der Waals surface area contributed by atoms with Gasteiger partial charge in [0.2, 0.25) is 0 Å². The number of esters is 1. The zero-order chi connectivity index (χ0) is 10.0. The van der Waals surface area contributed by atoms with Gasteiger partial charge in [-0.3, -0.25) is 0 Å². The van der Waals surface area contributed by atoms with Crippen LogP contribution in [0, 0.1) is 6.92 Å². The van der Waals surface area contributed by atoms with Gasteiger partial charge in [0.15, 0.2) is 0 Å². The molecule has 0 radical (unpaired) electrons. The van der Waals surface area contributed by atoms with E-state index in [1.54, 1.807) is 6.92 Å². The molecule has 1 aromatic heterocycles. The first-order valence-electron chi connectivity index (χ1n) is 3.46. The number of carbonyl (C=O) groups excluding carboxylic acids is 1. The molecule has 0 unspecified atom stereocenters. The van der Waals surface area contributed by atoms with Gasteiger partial charge in [0.05, 0.1) is 12.1 Å². The average Bonchev–Trinajstić information content (AvgIpc) is 2.12. The molecule has 0 fully saturated rings. The minimum Gasteiger partial charge on any atom is -0.465 e. The molecule has 0 atom stereocenters. The van der Waals surface area contributed by atoms with Crippen molar-refractivity contribution in [3.8, 4) is 0 Å². The molecule has 70 valence electrons. The molecule has 0 aliphatic heterocycles.